The average molecular weight is 563 g/mol. The number of carbonyl (C=O) groups is 1. The molecule has 42 heavy (non-hydrogen) atoms. The fraction of sp³-hybridized carbons (Fsp3) is 0.353. The van der Waals surface area contributed by atoms with Gasteiger partial charge in [-0.1, -0.05) is 12.1 Å². The number of aliphatic carboxylic acids is 1. The third-order valence-corrected chi connectivity index (χ3v) is 8.26. The molecule has 0 fully saturated rings. The highest BCUT2D eigenvalue weighted by Crippen LogP contribution is 2.42. The smallest absolute Gasteiger partial charge is 0.337 e. The third kappa shape index (κ3) is 4.50. The number of carboxylic acids is 1. The van der Waals surface area contributed by atoms with E-state index in [9.17, 15) is 9.90 Å². The topological polar surface area (TPSA) is 98.8 Å². The van der Waals surface area contributed by atoms with Gasteiger partial charge in [0.15, 0.2) is 11.8 Å². The van der Waals surface area contributed by atoms with Crippen molar-refractivity contribution in [1.29, 1.82) is 0 Å². The molecule has 4 heterocycles. The van der Waals surface area contributed by atoms with Crippen molar-refractivity contribution in [3.63, 3.8) is 0 Å². The van der Waals surface area contributed by atoms with Crippen LogP contribution in [-0.2, 0) is 28.8 Å². The van der Waals surface area contributed by atoms with Crippen molar-refractivity contribution < 1.29 is 19.4 Å². The minimum absolute atomic E-state index is 0.462. The highest BCUT2D eigenvalue weighted by molar-refractivity contribution is 6.00. The number of aromatic nitrogens is 4. The molecule has 5 aromatic rings. The van der Waals surface area contributed by atoms with Gasteiger partial charge in [-0.2, -0.15) is 5.10 Å². The molecule has 0 unspecified atom stereocenters. The SMILES string of the molecule is Cc1nc2cc(-c3ccc4c(c3)CCCC4)nn2c(-c2ccc3c4c(ccnc24)CCO3)c1[C@H](OC(C)(C)C)C(=O)O. The molecule has 8 heteroatoms. The van der Waals surface area contributed by atoms with Crippen LogP contribution in [0.15, 0.2) is 48.7 Å². The summed E-state index contributed by atoms with van der Waals surface area (Å²) in [6, 6.07) is 14.5. The Morgan fingerprint density at radius 2 is 1.83 bits per heavy atom. The Labute approximate surface area is 244 Å². The molecule has 0 amide bonds. The van der Waals surface area contributed by atoms with Crippen LogP contribution in [0.4, 0.5) is 0 Å². The van der Waals surface area contributed by atoms with Crippen LogP contribution in [0.3, 0.4) is 0 Å². The van der Waals surface area contributed by atoms with Crippen molar-refractivity contribution in [2.45, 2.75) is 71.5 Å². The van der Waals surface area contributed by atoms with Crippen molar-refractivity contribution in [3.05, 3.63) is 76.6 Å². The zero-order chi connectivity index (χ0) is 29.2. The number of benzene rings is 2. The zero-order valence-corrected chi connectivity index (χ0v) is 24.4. The summed E-state index contributed by atoms with van der Waals surface area (Å²) < 4.78 is 14.0. The molecule has 8 nitrogen and oxygen atoms in total. The summed E-state index contributed by atoms with van der Waals surface area (Å²) in [5.74, 6) is -0.306. The van der Waals surface area contributed by atoms with E-state index in [0.717, 1.165) is 58.3 Å². The summed E-state index contributed by atoms with van der Waals surface area (Å²) in [6.45, 7) is 8.02. The fourth-order valence-electron chi connectivity index (χ4n) is 6.42. The monoisotopic (exact) mass is 562 g/mol. The lowest BCUT2D eigenvalue weighted by molar-refractivity contribution is -0.160. The van der Waals surface area contributed by atoms with Gasteiger partial charge in [-0.05, 0) is 94.3 Å². The van der Waals surface area contributed by atoms with Crippen LogP contribution in [0, 0.1) is 6.92 Å². The summed E-state index contributed by atoms with van der Waals surface area (Å²) in [5.41, 5.74) is 8.81. The van der Waals surface area contributed by atoms with Crippen LogP contribution >= 0.6 is 0 Å². The minimum atomic E-state index is -1.27. The molecule has 1 aliphatic heterocycles. The largest absolute Gasteiger partial charge is 0.493 e. The van der Waals surface area contributed by atoms with Crippen molar-refractivity contribution >= 4 is 22.5 Å². The van der Waals surface area contributed by atoms with E-state index in [1.165, 1.54) is 24.0 Å². The Morgan fingerprint density at radius 1 is 1.02 bits per heavy atom. The molecule has 1 atom stereocenters. The molecule has 3 aromatic heterocycles. The maximum absolute atomic E-state index is 12.8. The van der Waals surface area contributed by atoms with E-state index in [2.05, 4.69) is 18.2 Å². The Bertz CT molecular complexity index is 1870. The van der Waals surface area contributed by atoms with Gasteiger partial charge < -0.3 is 14.6 Å². The van der Waals surface area contributed by atoms with E-state index in [1.807, 2.05) is 58.2 Å². The molecule has 1 N–H and O–H groups in total. The summed E-state index contributed by atoms with van der Waals surface area (Å²) in [6.07, 6.45) is 5.93. The second-order valence-corrected chi connectivity index (χ2v) is 12.3. The summed E-state index contributed by atoms with van der Waals surface area (Å²) in [7, 11) is 0. The van der Waals surface area contributed by atoms with E-state index >= 15 is 0 Å². The first-order chi connectivity index (χ1) is 20.2. The maximum Gasteiger partial charge on any atom is 0.337 e. The summed E-state index contributed by atoms with van der Waals surface area (Å²) in [4.78, 5) is 22.5. The number of rotatable bonds is 5. The zero-order valence-electron chi connectivity index (χ0n) is 24.4. The van der Waals surface area contributed by atoms with E-state index < -0.39 is 17.7 Å². The molecule has 7 rings (SSSR count). The first kappa shape index (κ1) is 26.6. The van der Waals surface area contributed by atoms with Gasteiger partial charge in [0.05, 0.1) is 29.1 Å². The van der Waals surface area contributed by atoms with Crippen molar-refractivity contribution in [2.75, 3.05) is 6.61 Å². The lowest BCUT2D eigenvalue weighted by Crippen LogP contribution is -2.29. The van der Waals surface area contributed by atoms with Crippen molar-refractivity contribution in [3.8, 4) is 28.3 Å². The Morgan fingerprint density at radius 3 is 2.62 bits per heavy atom. The number of ether oxygens (including phenoxy) is 2. The molecule has 0 saturated carbocycles. The maximum atomic E-state index is 12.8. The van der Waals surface area contributed by atoms with Gasteiger partial charge in [-0.15, -0.1) is 0 Å². The number of fused-ring (bicyclic) bond motifs is 2. The predicted octanol–water partition coefficient (Wildman–Crippen LogP) is 6.67. The molecular weight excluding hydrogens is 528 g/mol. The van der Waals surface area contributed by atoms with Crippen LogP contribution in [0.25, 0.3) is 39.1 Å². The number of pyridine rings is 1. The molecule has 214 valence electrons. The third-order valence-electron chi connectivity index (χ3n) is 8.26. The quantitative estimate of drug-likeness (QED) is 0.255. The first-order valence-corrected chi connectivity index (χ1v) is 14.6. The lowest BCUT2D eigenvalue weighted by Gasteiger charge is -2.28. The highest BCUT2D eigenvalue weighted by Gasteiger charge is 2.34. The van der Waals surface area contributed by atoms with E-state index in [0.29, 0.717) is 29.2 Å². The second kappa shape index (κ2) is 9.91. The number of hydrogen-bond acceptors (Lipinski definition) is 6. The molecule has 1 aliphatic carbocycles. The predicted molar refractivity (Wildman–Crippen MR) is 161 cm³/mol. The van der Waals surface area contributed by atoms with E-state index in [1.54, 1.807) is 4.52 Å². The molecular formula is C34H34N4O4. The van der Waals surface area contributed by atoms with Crippen molar-refractivity contribution in [1.82, 2.24) is 19.6 Å². The number of aryl methyl sites for hydroxylation is 3. The normalized spacial score (nSPS) is 15.4. The number of carboxylic acid groups (broad SMARTS) is 1. The van der Waals surface area contributed by atoms with Crippen LogP contribution in [0.5, 0.6) is 5.75 Å². The Balaban J connectivity index is 1.53. The average Bonchev–Trinajstić information content (AvgIpc) is 3.39. The summed E-state index contributed by atoms with van der Waals surface area (Å²) in [5, 5.41) is 16.5. The molecule has 2 aromatic carbocycles. The fourth-order valence-corrected chi connectivity index (χ4v) is 6.42. The van der Waals surface area contributed by atoms with Gasteiger partial charge in [-0.3, -0.25) is 4.98 Å². The second-order valence-electron chi connectivity index (χ2n) is 12.3. The minimum Gasteiger partial charge on any atom is -0.493 e. The highest BCUT2D eigenvalue weighted by atomic mass is 16.5. The molecule has 0 saturated heterocycles. The number of nitrogens with zero attached hydrogens (tertiary/aromatic N) is 4. The van der Waals surface area contributed by atoms with Crippen LogP contribution in [-0.4, -0.2) is 42.9 Å². The Kier molecular flexibility index (Phi) is 6.27. The molecule has 0 bridgehead atoms. The summed E-state index contributed by atoms with van der Waals surface area (Å²) >= 11 is 0. The van der Waals surface area contributed by atoms with Gasteiger partial charge in [0, 0.05) is 46.5 Å². The van der Waals surface area contributed by atoms with Gasteiger partial charge in [-0.25, -0.2) is 14.3 Å². The van der Waals surface area contributed by atoms with Gasteiger partial charge in [0.25, 0.3) is 0 Å². The van der Waals surface area contributed by atoms with Gasteiger partial charge in [0.1, 0.15) is 5.75 Å². The van der Waals surface area contributed by atoms with Gasteiger partial charge in [0.2, 0.25) is 0 Å². The van der Waals surface area contributed by atoms with Crippen molar-refractivity contribution in [2.24, 2.45) is 0 Å². The van der Waals surface area contributed by atoms with Crippen LogP contribution < -0.4 is 4.74 Å². The number of hydrogen-bond donors (Lipinski definition) is 1. The van der Waals surface area contributed by atoms with Crippen LogP contribution in [0.2, 0.25) is 0 Å². The molecule has 0 spiro atoms. The Hall–Kier alpha value is -4.30. The van der Waals surface area contributed by atoms with Gasteiger partial charge >= 0.3 is 5.97 Å². The van der Waals surface area contributed by atoms with Crippen LogP contribution in [0.1, 0.15) is 67.7 Å². The first-order valence-electron chi connectivity index (χ1n) is 14.6. The van der Waals surface area contributed by atoms with E-state index in [-0.39, 0.29) is 0 Å². The van der Waals surface area contributed by atoms with E-state index in [4.69, 9.17) is 24.5 Å². The molecule has 0 radical (unpaired) electrons. The lowest BCUT2D eigenvalue weighted by atomic mass is 9.90. The standard InChI is InChI=1S/C34H34N4O4/c1-19-28(32(33(39)40)42-34(2,3)4)31(24-11-12-26-29-21(14-16-41-26)13-15-35-30(24)29)38-27(36-19)18-25(37-38)23-10-9-20-7-5-6-8-22(20)17-23/h9-13,15,17-18,32H,5-8,14,16H2,1-4H3,(H,39,40)/t32-/m0/s1. The molecule has 2 aliphatic rings.